The minimum Gasteiger partial charge on any atom is -0.463 e. The van der Waals surface area contributed by atoms with Crippen LogP contribution in [0.3, 0.4) is 0 Å². The zero-order valence-electron chi connectivity index (χ0n) is 14.9. The highest BCUT2D eigenvalue weighted by atomic mass is 16.5. The quantitative estimate of drug-likeness (QED) is 0.502. The Balaban J connectivity index is 1.88. The summed E-state index contributed by atoms with van der Waals surface area (Å²) in [6.07, 6.45) is 5.13. The van der Waals surface area contributed by atoms with Crippen LogP contribution in [0, 0.1) is 6.92 Å². The zero-order valence-corrected chi connectivity index (χ0v) is 14.9. The first-order valence-corrected chi connectivity index (χ1v) is 8.56. The summed E-state index contributed by atoms with van der Waals surface area (Å²) in [5, 5.41) is 8.58. The third-order valence-corrected chi connectivity index (χ3v) is 3.97. The molecular formula is C21H21N3O2. The molecule has 0 radical (unpaired) electrons. The second-order valence-electron chi connectivity index (χ2n) is 5.91. The summed E-state index contributed by atoms with van der Waals surface area (Å²) in [6, 6.07) is 16.1. The van der Waals surface area contributed by atoms with E-state index in [-0.39, 0.29) is 5.97 Å². The van der Waals surface area contributed by atoms with Gasteiger partial charge in [0, 0.05) is 11.6 Å². The van der Waals surface area contributed by atoms with Crippen LogP contribution in [0.25, 0.3) is 17.3 Å². The maximum absolute atomic E-state index is 11.6. The van der Waals surface area contributed by atoms with Gasteiger partial charge >= 0.3 is 5.97 Å². The number of carbonyl (C=O) groups is 1. The van der Waals surface area contributed by atoms with Gasteiger partial charge in [-0.25, -0.2) is 9.48 Å². The van der Waals surface area contributed by atoms with Crippen LogP contribution in [-0.2, 0) is 16.1 Å². The summed E-state index contributed by atoms with van der Waals surface area (Å²) < 4.78 is 6.77. The average Bonchev–Trinajstić information content (AvgIpc) is 3.09. The number of nitrogens with zero attached hydrogens (tertiary/aromatic N) is 3. The lowest BCUT2D eigenvalue weighted by atomic mass is 9.99. The van der Waals surface area contributed by atoms with E-state index in [0.717, 1.165) is 27.9 Å². The van der Waals surface area contributed by atoms with E-state index in [2.05, 4.69) is 22.4 Å². The van der Waals surface area contributed by atoms with Gasteiger partial charge in [-0.1, -0.05) is 53.7 Å². The van der Waals surface area contributed by atoms with Gasteiger partial charge in [-0.3, -0.25) is 0 Å². The van der Waals surface area contributed by atoms with Crippen molar-refractivity contribution in [3.63, 3.8) is 0 Å². The molecule has 0 aliphatic carbocycles. The number of rotatable bonds is 6. The van der Waals surface area contributed by atoms with E-state index >= 15 is 0 Å². The van der Waals surface area contributed by atoms with Crippen molar-refractivity contribution in [2.24, 2.45) is 0 Å². The summed E-state index contributed by atoms with van der Waals surface area (Å²) >= 11 is 0. The number of esters is 1. The predicted octanol–water partition coefficient (Wildman–Crippen LogP) is 3.88. The number of aryl methyl sites for hydroxylation is 1. The molecule has 1 heterocycles. The molecule has 0 amide bonds. The molecule has 132 valence electrons. The van der Waals surface area contributed by atoms with Crippen LogP contribution >= 0.6 is 0 Å². The van der Waals surface area contributed by atoms with Crippen molar-refractivity contribution in [3.8, 4) is 11.3 Å². The predicted molar refractivity (Wildman–Crippen MR) is 101 cm³/mol. The average molecular weight is 347 g/mol. The molecule has 0 bridgehead atoms. The number of ether oxygens (including phenoxy) is 1. The SMILES string of the molecule is CCOC(=O)/C=C/c1cccc(C)c1-c1cn(Cc2ccccc2)nn1. The second kappa shape index (κ2) is 8.25. The standard InChI is InChI=1S/C21H21N3O2/c1-3-26-20(25)13-12-18-11-7-8-16(2)21(18)19-15-24(23-22-19)14-17-9-5-4-6-10-17/h4-13,15H,3,14H2,1-2H3/b13-12+. The van der Waals surface area contributed by atoms with Gasteiger partial charge in [0.25, 0.3) is 0 Å². The van der Waals surface area contributed by atoms with Crippen molar-refractivity contribution in [1.82, 2.24) is 15.0 Å². The lowest BCUT2D eigenvalue weighted by Gasteiger charge is -2.07. The fourth-order valence-corrected chi connectivity index (χ4v) is 2.79. The van der Waals surface area contributed by atoms with Crippen molar-refractivity contribution in [2.75, 3.05) is 6.61 Å². The summed E-state index contributed by atoms with van der Waals surface area (Å²) in [6.45, 7) is 4.83. The topological polar surface area (TPSA) is 57.0 Å². The molecule has 26 heavy (non-hydrogen) atoms. The largest absolute Gasteiger partial charge is 0.463 e. The molecule has 3 rings (SSSR count). The lowest BCUT2D eigenvalue weighted by molar-refractivity contribution is -0.137. The van der Waals surface area contributed by atoms with Gasteiger partial charge in [0.05, 0.1) is 19.3 Å². The molecule has 3 aromatic rings. The highest BCUT2D eigenvalue weighted by molar-refractivity contribution is 5.89. The zero-order chi connectivity index (χ0) is 18.4. The van der Waals surface area contributed by atoms with Crippen LogP contribution in [-0.4, -0.2) is 27.6 Å². The fourth-order valence-electron chi connectivity index (χ4n) is 2.79. The smallest absolute Gasteiger partial charge is 0.330 e. The Morgan fingerprint density at radius 2 is 1.96 bits per heavy atom. The van der Waals surface area contributed by atoms with Gasteiger partial charge in [-0.05, 0) is 36.6 Å². The molecule has 0 unspecified atom stereocenters. The van der Waals surface area contributed by atoms with Crippen molar-refractivity contribution >= 4 is 12.0 Å². The lowest BCUT2D eigenvalue weighted by Crippen LogP contribution is -1.99. The maximum Gasteiger partial charge on any atom is 0.330 e. The first kappa shape index (κ1) is 17.6. The highest BCUT2D eigenvalue weighted by Gasteiger charge is 2.11. The van der Waals surface area contributed by atoms with Crippen LogP contribution in [0.4, 0.5) is 0 Å². The Bertz CT molecular complexity index is 914. The third kappa shape index (κ3) is 4.25. The first-order valence-electron chi connectivity index (χ1n) is 8.56. The third-order valence-electron chi connectivity index (χ3n) is 3.97. The molecule has 0 saturated carbocycles. The highest BCUT2D eigenvalue weighted by Crippen LogP contribution is 2.26. The molecule has 0 N–H and O–H groups in total. The van der Waals surface area contributed by atoms with Crippen LogP contribution < -0.4 is 0 Å². The summed E-state index contributed by atoms with van der Waals surface area (Å²) in [4.78, 5) is 11.6. The van der Waals surface area contributed by atoms with Crippen LogP contribution in [0.1, 0.15) is 23.6 Å². The molecule has 0 spiro atoms. The number of benzene rings is 2. The van der Waals surface area contributed by atoms with Gasteiger partial charge in [-0.15, -0.1) is 5.10 Å². The Hall–Kier alpha value is -3.21. The molecule has 0 aliphatic heterocycles. The number of hydrogen-bond acceptors (Lipinski definition) is 4. The van der Waals surface area contributed by atoms with Gasteiger partial charge in [0.15, 0.2) is 0 Å². The first-order chi connectivity index (χ1) is 12.7. The molecule has 0 fully saturated rings. The fraction of sp³-hybridized carbons (Fsp3) is 0.190. The van der Waals surface area contributed by atoms with E-state index in [1.807, 2.05) is 54.2 Å². The van der Waals surface area contributed by atoms with Crippen LogP contribution in [0.5, 0.6) is 0 Å². The van der Waals surface area contributed by atoms with Gasteiger partial charge in [0.2, 0.25) is 0 Å². The van der Waals surface area contributed by atoms with E-state index in [4.69, 9.17) is 4.74 Å². The minimum absolute atomic E-state index is 0.354. The van der Waals surface area contributed by atoms with Crippen molar-refractivity contribution in [1.29, 1.82) is 0 Å². The summed E-state index contributed by atoms with van der Waals surface area (Å²) in [5.74, 6) is -0.354. The van der Waals surface area contributed by atoms with E-state index in [0.29, 0.717) is 13.2 Å². The van der Waals surface area contributed by atoms with Crippen molar-refractivity contribution in [3.05, 3.63) is 77.5 Å². The Kier molecular flexibility index (Phi) is 5.59. The molecule has 2 aromatic carbocycles. The number of aromatic nitrogens is 3. The molecule has 1 aromatic heterocycles. The second-order valence-corrected chi connectivity index (χ2v) is 5.91. The molecule has 5 nitrogen and oxygen atoms in total. The summed E-state index contributed by atoms with van der Waals surface area (Å²) in [7, 11) is 0. The monoisotopic (exact) mass is 347 g/mol. The molecular weight excluding hydrogens is 326 g/mol. The van der Waals surface area contributed by atoms with Crippen LogP contribution in [0.2, 0.25) is 0 Å². The molecule has 0 saturated heterocycles. The van der Waals surface area contributed by atoms with Gasteiger partial charge in [-0.2, -0.15) is 0 Å². The number of hydrogen-bond donors (Lipinski definition) is 0. The van der Waals surface area contributed by atoms with Crippen LogP contribution in [0.15, 0.2) is 60.8 Å². The molecule has 0 atom stereocenters. The number of carbonyl (C=O) groups excluding carboxylic acids is 1. The van der Waals surface area contributed by atoms with Crippen molar-refractivity contribution in [2.45, 2.75) is 20.4 Å². The maximum atomic E-state index is 11.6. The van der Waals surface area contributed by atoms with Crippen molar-refractivity contribution < 1.29 is 9.53 Å². The Labute approximate surface area is 152 Å². The van der Waals surface area contributed by atoms with E-state index in [1.165, 1.54) is 6.08 Å². The Morgan fingerprint density at radius 3 is 2.73 bits per heavy atom. The van der Waals surface area contributed by atoms with E-state index in [9.17, 15) is 4.79 Å². The molecule has 0 aliphatic rings. The molecule has 5 heteroatoms. The van der Waals surface area contributed by atoms with Gasteiger partial charge < -0.3 is 4.74 Å². The van der Waals surface area contributed by atoms with Gasteiger partial charge in [0.1, 0.15) is 5.69 Å². The normalized spacial score (nSPS) is 11.0. The Morgan fingerprint density at radius 1 is 1.15 bits per heavy atom. The van der Waals surface area contributed by atoms with E-state index in [1.54, 1.807) is 13.0 Å². The minimum atomic E-state index is -0.354. The van der Waals surface area contributed by atoms with E-state index < -0.39 is 0 Å². The summed E-state index contributed by atoms with van der Waals surface area (Å²) in [5.41, 5.74) is 4.89.